The molecule has 0 radical (unpaired) electrons. The van der Waals surface area contributed by atoms with Crippen LogP contribution in [0.25, 0.3) is 0 Å². The third-order valence-electron chi connectivity index (χ3n) is 3.79. The molecule has 23 heavy (non-hydrogen) atoms. The first-order valence-electron chi connectivity index (χ1n) is 7.56. The van der Waals surface area contributed by atoms with Gasteiger partial charge in [0.2, 0.25) is 5.88 Å². The smallest absolute Gasteiger partial charge is 0.259 e. The number of hydrogen-bond donors (Lipinski definition) is 0. The van der Waals surface area contributed by atoms with Gasteiger partial charge in [-0.2, -0.15) is 9.71 Å². The molecular formula is C16H18N4O3. The SMILES string of the molecule is Cc1nccc(OC2CCN(C(=O)c3ccc[n+]([O-])c3)CC2)n1. The van der Waals surface area contributed by atoms with Gasteiger partial charge in [0.05, 0.1) is 0 Å². The number of carbonyl (C=O) groups excluding carboxylic acids is 1. The standard InChI is InChI=1S/C16H18N4O3/c1-12-17-7-4-15(18-12)23-14-5-9-19(10-6-14)16(21)13-3-2-8-20(22)11-13/h2-4,7-8,11,14H,5-6,9-10H2,1H3. The highest BCUT2D eigenvalue weighted by Crippen LogP contribution is 2.18. The highest BCUT2D eigenvalue weighted by Gasteiger charge is 2.25. The average Bonchev–Trinajstić information content (AvgIpc) is 2.55. The van der Waals surface area contributed by atoms with E-state index in [1.54, 1.807) is 29.3 Å². The van der Waals surface area contributed by atoms with E-state index in [4.69, 9.17) is 4.74 Å². The van der Waals surface area contributed by atoms with Gasteiger partial charge in [0.15, 0.2) is 12.4 Å². The second-order valence-electron chi connectivity index (χ2n) is 5.50. The van der Waals surface area contributed by atoms with Crippen LogP contribution in [0.5, 0.6) is 5.88 Å². The molecule has 2 aromatic rings. The Bertz CT molecular complexity index is 699. The highest BCUT2D eigenvalue weighted by atomic mass is 16.5. The van der Waals surface area contributed by atoms with E-state index in [2.05, 4.69) is 9.97 Å². The van der Waals surface area contributed by atoms with Crippen LogP contribution < -0.4 is 9.47 Å². The minimum Gasteiger partial charge on any atom is -0.619 e. The molecular weight excluding hydrogens is 296 g/mol. The number of aromatic nitrogens is 3. The number of amides is 1. The Kier molecular flexibility index (Phi) is 4.36. The van der Waals surface area contributed by atoms with Gasteiger partial charge in [0, 0.05) is 44.3 Å². The lowest BCUT2D eigenvalue weighted by molar-refractivity contribution is -0.605. The van der Waals surface area contributed by atoms with Crippen LogP contribution in [0.1, 0.15) is 29.0 Å². The topological polar surface area (TPSA) is 82.3 Å². The first-order chi connectivity index (χ1) is 11.1. The van der Waals surface area contributed by atoms with Crippen LogP contribution in [-0.4, -0.2) is 40.0 Å². The summed E-state index contributed by atoms with van der Waals surface area (Å²) in [5.74, 6) is 1.12. The molecule has 1 saturated heterocycles. The van der Waals surface area contributed by atoms with Crippen molar-refractivity contribution in [3.63, 3.8) is 0 Å². The van der Waals surface area contributed by atoms with E-state index in [-0.39, 0.29) is 12.0 Å². The largest absolute Gasteiger partial charge is 0.619 e. The van der Waals surface area contributed by atoms with Gasteiger partial charge in [-0.15, -0.1) is 0 Å². The molecule has 0 bridgehead atoms. The van der Waals surface area contributed by atoms with Gasteiger partial charge < -0.3 is 14.8 Å². The number of likely N-dealkylation sites (tertiary alicyclic amines) is 1. The number of rotatable bonds is 3. The number of pyridine rings is 1. The minimum atomic E-state index is -0.119. The van der Waals surface area contributed by atoms with Gasteiger partial charge in [0.25, 0.3) is 5.91 Å². The van der Waals surface area contributed by atoms with Crippen molar-refractivity contribution in [3.05, 3.63) is 53.4 Å². The Morgan fingerprint density at radius 2 is 2.17 bits per heavy atom. The Hall–Kier alpha value is -2.70. The lowest BCUT2D eigenvalue weighted by Gasteiger charge is -2.31. The molecule has 0 saturated carbocycles. The van der Waals surface area contributed by atoms with E-state index in [0.717, 1.165) is 12.8 Å². The Morgan fingerprint density at radius 3 is 2.87 bits per heavy atom. The number of hydrogen-bond acceptors (Lipinski definition) is 5. The lowest BCUT2D eigenvalue weighted by atomic mass is 10.1. The molecule has 0 spiro atoms. The molecule has 7 nitrogen and oxygen atoms in total. The molecule has 7 heteroatoms. The maximum Gasteiger partial charge on any atom is 0.259 e. The van der Waals surface area contributed by atoms with Crippen molar-refractivity contribution in [1.82, 2.24) is 14.9 Å². The molecule has 0 aliphatic carbocycles. The summed E-state index contributed by atoms with van der Waals surface area (Å²) in [4.78, 5) is 22.4. The fraction of sp³-hybridized carbons (Fsp3) is 0.375. The van der Waals surface area contributed by atoms with Gasteiger partial charge in [-0.05, 0) is 13.0 Å². The van der Waals surface area contributed by atoms with E-state index < -0.39 is 0 Å². The normalized spacial score (nSPS) is 15.4. The predicted octanol–water partition coefficient (Wildman–Crippen LogP) is 1.10. The summed E-state index contributed by atoms with van der Waals surface area (Å²) in [5, 5.41) is 11.3. The molecule has 120 valence electrons. The zero-order chi connectivity index (χ0) is 16.2. The first-order valence-corrected chi connectivity index (χ1v) is 7.56. The molecule has 3 heterocycles. The summed E-state index contributed by atoms with van der Waals surface area (Å²) >= 11 is 0. The summed E-state index contributed by atoms with van der Waals surface area (Å²) in [6, 6.07) is 4.97. The Morgan fingerprint density at radius 1 is 1.39 bits per heavy atom. The van der Waals surface area contributed by atoms with Gasteiger partial charge in [-0.3, -0.25) is 4.79 Å². The number of aryl methyl sites for hydroxylation is 1. The van der Waals surface area contributed by atoms with Crippen molar-refractivity contribution >= 4 is 5.91 Å². The zero-order valence-corrected chi connectivity index (χ0v) is 12.9. The van der Waals surface area contributed by atoms with Crippen molar-refractivity contribution in [3.8, 4) is 5.88 Å². The van der Waals surface area contributed by atoms with Crippen LogP contribution in [-0.2, 0) is 0 Å². The summed E-state index contributed by atoms with van der Waals surface area (Å²) < 4.78 is 6.49. The van der Waals surface area contributed by atoms with Gasteiger partial charge in [-0.1, -0.05) is 0 Å². The molecule has 0 atom stereocenters. The second-order valence-corrected chi connectivity index (χ2v) is 5.50. The number of carbonyl (C=O) groups is 1. The summed E-state index contributed by atoms with van der Waals surface area (Å²) in [6.45, 7) is 3.01. The van der Waals surface area contributed by atoms with E-state index in [9.17, 15) is 10.0 Å². The molecule has 3 rings (SSSR count). The van der Waals surface area contributed by atoms with Crippen LogP contribution in [0.15, 0.2) is 36.8 Å². The van der Waals surface area contributed by atoms with Crippen molar-refractivity contribution in [2.75, 3.05) is 13.1 Å². The van der Waals surface area contributed by atoms with Crippen molar-refractivity contribution < 1.29 is 14.3 Å². The average molecular weight is 314 g/mol. The van der Waals surface area contributed by atoms with Gasteiger partial charge in [0.1, 0.15) is 17.5 Å². The van der Waals surface area contributed by atoms with Crippen LogP contribution in [0.3, 0.4) is 0 Å². The maximum atomic E-state index is 12.4. The zero-order valence-electron chi connectivity index (χ0n) is 12.9. The number of nitrogens with zero attached hydrogens (tertiary/aromatic N) is 4. The van der Waals surface area contributed by atoms with Crippen LogP contribution in [0.4, 0.5) is 0 Å². The molecule has 1 amide bonds. The quantitative estimate of drug-likeness (QED) is 0.626. The first kappa shape index (κ1) is 15.2. The molecule has 1 aliphatic rings. The molecule has 0 N–H and O–H groups in total. The van der Waals surface area contributed by atoms with E-state index in [1.165, 1.54) is 12.4 Å². The van der Waals surface area contributed by atoms with Crippen molar-refractivity contribution in [2.24, 2.45) is 0 Å². The third-order valence-corrected chi connectivity index (χ3v) is 3.79. The molecule has 2 aromatic heterocycles. The second kappa shape index (κ2) is 6.60. The van der Waals surface area contributed by atoms with Crippen molar-refractivity contribution in [1.29, 1.82) is 0 Å². The summed E-state index contributed by atoms with van der Waals surface area (Å²) in [6.07, 6.45) is 5.84. The van der Waals surface area contributed by atoms with Gasteiger partial charge >= 0.3 is 0 Å². The Labute approximate surface area is 134 Å². The molecule has 0 aromatic carbocycles. The van der Waals surface area contributed by atoms with Crippen molar-refractivity contribution in [2.45, 2.75) is 25.9 Å². The maximum absolute atomic E-state index is 12.4. The van der Waals surface area contributed by atoms with Crippen LogP contribution in [0, 0.1) is 12.1 Å². The van der Waals surface area contributed by atoms with E-state index >= 15 is 0 Å². The summed E-state index contributed by atoms with van der Waals surface area (Å²) in [5.41, 5.74) is 0.410. The predicted molar refractivity (Wildman–Crippen MR) is 81.7 cm³/mol. The molecule has 0 unspecified atom stereocenters. The summed E-state index contributed by atoms with van der Waals surface area (Å²) in [7, 11) is 0. The Balaban J connectivity index is 1.57. The monoisotopic (exact) mass is 314 g/mol. The fourth-order valence-corrected chi connectivity index (χ4v) is 2.61. The highest BCUT2D eigenvalue weighted by molar-refractivity contribution is 5.93. The number of piperidine rings is 1. The van der Waals surface area contributed by atoms with Crippen LogP contribution >= 0.6 is 0 Å². The minimum absolute atomic E-state index is 0.0357. The van der Waals surface area contributed by atoms with E-state index in [1.807, 2.05) is 6.92 Å². The number of ether oxygens (including phenoxy) is 1. The van der Waals surface area contributed by atoms with E-state index in [0.29, 0.717) is 35.1 Å². The fourth-order valence-electron chi connectivity index (χ4n) is 2.61. The third kappa shape index (κ3) is 3.74. The van der Waals surface area contributed by atoms with Crippen LogP contribution in [0.2, 0.25) is 0 Å². The molecule has 1 aliphatic heterocycles. The molecule has 1 fully saturated rings. The lowest BCUT2D eigenvalue weighted by Crippen LogP contribution is -2.42. The van der Waals surface area contributed by atoms with Gasteiger partial charge in [-0.25, -0.2) is 4.98 Å².